The summed E-state index contributed by atoms with van der Waals surface area (Å²) in [5.41, 5.74) is 7.04. The summed E-state index contributed by atoms with van der Waals surface area (Å²) in [6.07, 6.45) is 11.0. The number of aliphatic imine (C=N–C) groups is 2. The fourth-order valence-electron chi connectivity index (χ4n) is 4.74. The summed E-state index contributed by atoms with van der Waals surface area (Å²) in [6.45, 7) is 12.5. The molecule has 0 radical (unpaired) electrons. The molecule has 3 rings (SSSR count). The minimum atomic E-state index is 0.215. The van der Waals surface area contributed by atoms with Crippen molar-refractivity contribution in [1.82, 2.24) is 15.1 Å². The van der Waals surface area contributed by atoms with Gasteiger partial charge in [-0.25, -0.2) is 0 Å². The van der Waals surface area contributed by atoms with Crippen LogP contribution in [0.25, 0.3) is 11.1 Å². The quantitative estimate of drug-likeness (QED) is 0.404. The molecule has 1 aliphatic rings. The molecule has 0 bridgehead atoms. The predicted octanol–water partition coefficient (Wildman–Crippen LogP) is 4.84. The Morgan fingerprint density at radius 1 is 1.34 bits per heavy atom. The number of rotatable bonds is 9. The van der Waals surface area contributed by atoms with Gasteiger partial charge in [-0.15, -0.1) is 0 Å². The van der Waals surface area contributed by atoms with Gasteiger partial charge in [0.25, 0.3) is 0 Å². The van der Waals surface area contributed by atoms with Gasteiger partial charge in [-0.3, -0.25) is 14.7 Å². The van der Waals surface area contributed by atoms with Gasteiger partial charge in [-0.1, -0.05) is 37.8 Å². The van der Waals surface area contributed by atoms with E-state index in [1.165, 1.54) is 0 Å². The lowest BCUT2D eigenvalue weighted by Crippen LogP contribution is -2.40. The van der Waals surface area contributed by atoms with Crippen molar-refractivity contribution in [3.63, 3.8) is 0 Å². The van der Waals surface area contributed by atoms with Crippen molar-refractivity contribution < 1.29 is 5.11 Å². The van der Waals surface area contributed by atoms with E-state index in [9.17, 15) is 5.11 Å². The maximum atomic E-state index is 9.83. The fraction of sp³-hybridized carbons (Fsp3) is 0.414. The number of nitrogens with zero attached hydrogens (tertiary/aromatic N) is 4. The van der Waals surface area contributed by atoms with Gasteiger partial charge < -0.3 is 10.4 Å². The molecule has 2 aromatic rings. The number of piperidine rings is 1. The van der Waals surface area contributed by atoms with E-state index in [-0.39, 0.29) is 12.5 Å². The Morgan fingerprint density at radius 3 is 2.80 bits per heavy atom. The van der Waals surface area contributed by atoms with Crippen LogP contribution in [0.4, 0.5) is 0 Å². The first-order valence-electron chi connectivity index (χ1n) is 12.3. The molecular weight excluding hydrogens is 434 g/mol. The van der Waals surface area contributed by atoms with Crippen LogP contribution in [0, 0.1) is 17.8 Å². The van der Waals surface area contributed by atoms with Crippen molar-refractivity contribution in [1.29, 1.82) is 0 Å². The number of aliphatic hydroxyl groups excluding tert-OH is 1. The molecule has 6 nitrogen and oxygen atoms in total. The number of nitrogens with one attached hydrogen (secondary N) is 1. The molecule has 0 aliphatic carbocycles. The molecule has 1 aliphatic heterocycles. The standard InChI is InChI=1S/C29H39N5O/c1-20(2)29(24-9-7-8-23(13-24)26-17-33-34(6)18-26)32-14-22(4)25(15-30-5)12-21(3)28-10-11-31-16-27(28)19-35/h7-9,12-15,17-18,21,27-28,31,35H,1,10-11,16,19H2,2-6H3. The third kappa shape index (κ3) is 6.96. The van der Waals surface area contributed by atoms with Crippen LogP contribution in [0.5, 0.6) is 0 Å². The van der Waals surface area contributed by atoms with Crippen LogP contribution >= 0.6 is 0 Å². The summed E-state index contributed by atoms with van der Waals surface area (Å²) in [6, 6.07) is 8.32. The molecule has 2 N–H and O–H groups in total. The summed E-state index contributed by atoms with van der Waals surface area (Å²) >= 11 is 0. The molecule has 0 spiro atoms. The summed E-state index contributed by atoms with van der Waals surface area (Å²) in [5.74, 6) is 1.05. The van der Waals surface area contributed by atoms with Crippen molar-refractivity contribution in [2.75, 3.05) is 26.7 Å². The number of aromatic nitrogens is 2. The number of hydrogen-bond donors (Lipinski definition) is 2. The maximum Gasteiger partial charge on any atom is 0.0725 e. The Bertz CT molecular complexity index is 1140. The van der Waals surface area contributed by atoms with Crippen LogP contribution in [-0.4, -0.2) is 53.6 Å². The second kappa shape index (κ2) is 12.6. The van der Waals surface area contributed by atoms with Crippen LogP contribution in [0.3, 0.4) is 0 Å². The minimum Gasteiger partial charge on any atom is -0.396 e. The highest BCUT2D eigenvalue weighted by Crippen LogP contribution is 2.29. The van der Waals surface area contributed by atoms with E-state index in [2.05, 4.69) is 60.1 Å². The van der Waals surface area contributed by atoms with Crippen LogP contribution in [0.1, 0.15) is 32.8 Å². The average Bonchev–Trinajstić information content (AvgIpc) is 3.30. The van der Waals surface area contributed by atoms with E-state index in [0.29, 0.717) is 11.8 Å². The first kappa shape index (κ1) is 26.5. The molecule has 1 saturated heterocycles. The number of aryl methyl sites for hydroxylation is 1. The van der Waals surface area contributed by atoms with Crippen LogP contribution in [-0.2, 0) is 7.05 Å². The summed E-state index contributed by atoms with van der Waals surface area (Å²) in [4.78, 5) is 9.16. The number of hydrogen-bond acceptors (Lipinski definition) is 5. The normalized spacial score (nSPS) is 20.9. The first-order chi connectivity index (χ1) is 16.8. The molecule has 1 aromatic heterocycles. The highest BCUT2D eigenvalue weighted by atomic mass is 16.3. The van der Waals surface area contributed by atoms with Gasteiger partial charge in [0.05, 0.1) is 11.9 Å². The smallest absolute Gasteiger partial charge is 0.0725 e. The Labute approximate surface area is 209 Å². The molecule has 0 saturated carbocycles. The lowest BCUT2D eigenvalue weighted by molar-refractivity contribution is 0.124. The molecule has 1 fully saturated rings. The summed E-state index contributed by atoms with van der Waals surface area (Å²) < 4.78 is 1.80. The predicted molar refractivity (Wildman–Crippen MR) is 147 cm³/mol. The molecule has 2 heterocycles. The molecule has 35 heavy (non-hydrogen) atoms. The monoisotopic (exact) mass is 473 g/mol. The van der Waals surface area contributed by atoms with Crippen molar-refractivity contribution in [3.8, 4) is 11.1 Å². The number of aliphatic hydroxyl groups is 1. The lowest BCUT2D eigenvalue weighted by Gasteiger charge is -2.34. The van der Waals surface area contributed by atoms with Crippen LogP contribution in [0.15, 0.2) is 82.2 Å². The average molecular weight is 474 g/mol. The molecule has 0 amide bonds. The largest absolute Gasteiger partial charge is 0.396 e. The van der Waals surface area contributed by atoms with Gasteiger partial charge >= 0.3 is 0 Å². The second-order valence-corrected chi connectivity index (χ2v) is 9.52. The van der Waals surface area contributed by atoms with E-state index in [1.54, 1.807) is 11.7 Å². The Kier molecular flexibility index (Phi) is 9.52. The molecule has 6 heteroatoms. The number of allylic oxidation sites excluding steroid dienone is 4. The molecule has 1 aromatic carbocycles. The highest BCUT2D eigenvalue weighted by molar-refractivity contribution is 6.12. The Balaban J connectivity index is 1.90. The first-order valence-corrected chi connectivity index (χ1v) is 12.3. The van der Waals surface area contributed by atoms with Gasteiger partial charge in [0, 0.05) is 57.0 Å². The molecular formula is C29H39N5O. The second-order valence-electron chi connectivity index (χ2n) is 9.52. The maximum absolute atomic E-state index is 9.83. The minimum absolute atomic E-state index is 0.215. The molecule has 3 unspecified atom stereocenters. The summed E-state index contributed by atoms with van der Waals surface area (Å²) in [5, 5.41) is 17.5. The molecule has 186 valence electrons. The van der Waals surface area contributed by atoms with Crippen molar-refractivity contribution >= 4 is 11.9 Å². The Morgan fingerprint density at radius 2 is 2.14 bits per heavy atom. The third-order valence-electron chi connectivity index (χ3n) is 6.71. The van der Waals surface area contributed by atoms with Gasteiger partial charge in [0.2, 0.25) is 0 Å². The SMILES string of the molecule is C=C(C)C(=NC=C(C)C(C=NC)=CC(C)C1CCNCC1CO)c1cccc(-c2cnn(C)c2)c1. The zero-order valence-electron chi connectivity index (χ0n) is 21.7. The van der Waals surface area contributed by atoms with E-state index in [4.69, 9.17) is 4.99 Å². The van der Waals surface area contributed by atoms with Crippen LogP contribution in [0.2, 0.25) is 0 Å². The van der Waals surface area contributed by atoms with E-state index in [0.717, 1.165) is 58.6 Å². The van der Waals surface area contributed by atoms with E-state index in [1.807, 2.05) is 44.8 Å². The van der Waals surface area contributed by atoms with Crippen molar-refractivity contribution in [2.24, 2.45) is 34.8 Å². The third-order valence-corrected chi connectivity index (χ3v) is 6.71. The van der Waals surface area contributed by atoms with E-state index < -0.39 is 0 Å². The fourth-order valence-corrected chi connectivity index (χ4v) is 4.74. The lowest BCUT2D eigenvalue weighted by atomic mass is 9.77. The van der Waals surface area contributed by atoms with Crippen molar-refractivity contribution in [3.05, 3.63) is 77.8 Å². The van der Waals surface area contributed by atoms with Crippen molar-refractivity contribution in [2.45, 2.75) is 27.2 Å². The zero-order chi connectivity index (χ0) is 25.4. The zero-order valence-corrected chi connectivity index (χ0v) is 21.7. The van der Waals surface area contributed by atoms with E-state index >= 15 is 0 Å². The highest BCUT2D eigenvalue weighted by Gasteiger charge is 2.28. The topological polar surface area (TPSA) is 74.8 Å². The molecule has 3 atom stereocenters. The number of benzene rings is 1. The van der Waals surface area contributed by atoms with Crippen LogP contribution < -0.4 is 5.32 Å². The van der Waals surface area contributed by atoms with Gasteiger partial charge in [-0.05, 0) is 72.9 Å². The van der Waals surface area contributed by atoms with Gasteiger partial charge in [0.1, 0.15) is 0 Å². The Hall–Kier alpha value is -3.09. The van der Waals surface area contributed by atoms with Gasteiger partial charge in [0.15, 0.2) is 0 Å². The van der Waals surface area contributed by atoms with Gasteiger partial charge in [-0.2, -0.15) is 5.10 Å². The summed E-state index contributed by atoms with van der Waals surface area (Å²) in [7, 11) is 3.71.